The van der Waals surface area contributed by atoms with Crippen LogP contribution in [-0.2, 0) is 6.42 Å². The van der Waals surface area contributed by atoms with E-state index in [2.05, 4.69) is 34.5 Å². The molecule has 2 aliphatic heterocycles. The van der Waals surface area contributed by atoms with Crippen LogP contribution in [0.2, 0.25) is 0 Å². The van der Waals surface area contributed by atoms with E-state index in [0.29, 0.717) is 11.5 Å². The van der Waals surface area contributed by atoms with Gasteiger partial charge in [0.15, 0.2) is 0 Å². The molecule has 3 heteroatoms. The molecule has 2 atom stereocenters. The monoisotopic (exact) mass is 306 g/mol. The van der Waals surface area contributed by atoms with E-state index >= 15 is 0 Å². The zero-order chi connectivity index (χ0) is 13.4. The van der Waals surface area contributed by atoms with Gasteiger partial charge in [-0.2, -0.15) is 0 Å². The Hall–Kier alpha value is -0.570. The number of fused-ring (bicyclic) bond motifs is 3. The Kier molecular flexibility index (Phi) is 4.58. The van der Waals surface area contributed by atoms with E-state index in [-0.39, 0.29) is 12.4 Å². The van der Waals surface area contributed by atoms with E-state index in [1.54, 1.807) is 11.1 Å². The van der Waals surface area contributed by atoms with Crippen molar-refractivity contribution < 1.29 is 0 Å². The topological polar surface area (TPSA) is 15.3 Å². The Bertz CT molecular complexity index is 484. The Balaban J connectivity index is 0.00000132. The summed E-state index contributed by atoms with van der Waals surface area (Å²) in [7, 11) is 0. The van der Waals surface area contributed by atoms with Crippen LogP contribution in [0.3, 0.4) is 0 Å². The van der Waals surface area contributed by atoms with Crippen molar-refractivity contribution in [1.82, 2.24) is 10.2 Å². The Morgan fingerprint density at radius 3 is 2.76 bits per heavy atom. The van der Waals surface area contributed by atoms with Gasteiger partial charge >= 0.3 is 0 Å². The van der Waals surface area contributed by atoms with E-state index in [1.807, 2.05) is 0 Å². The van der Waals surface area contributed by atoms with Gasteiger partial charge in [0.2, 0.25) is 0 Å². The first-order valence-electron chi connectivity index (χ1n) is 8.41. The number of hydrogen-bond acceptors (Lipinski definition) is 2. The molecule has 1 aromatic carbocycles. The summed E-state index contributed by atoms with van der Waals surface area (Å²) in [5, 5.41) is 3.84. The molecule has 0 radical (unpaired) electrons. The standard InChI is InChI=1S/C18H26N2.ClH/c1-4-11-20(12-5-1)14-18-9-6-10-19-17(18)16-8-3-2-7-15(16)13-18;/h2-3,7-8,17,19H,1,4-6,9-14H2;1H. The number of rotatable bonds is 2. The molecule has 3 aliphatic rings. The molecule has 2 heterocycles. The number of benzene rings is 1. The van der Waals surface area contributed by atoms with Crippen LogP contribution in [0.4, 0.5) is 0 Å². The fourth-order valence-electron chi connectivity index (χ4n) is 4.82. The van der Waals surface area contributed by atoms with E-state index in [1.165, 1.54) is 64.7 Å². The summed E-state index contributed by atoms with van der Waals surface area (Å²) >= 11 is 0. The third-order valence-corrected chi connectivity index (χ3v) is 5.71. The number of likely N-dealkylation sites (tertiary alicyclic amines) is 1. The highest BCUT2D eigenvalue weighted by atomic mass is 35.5. The number of halogens is 1. The van der Waals surface area contributed by atoms with Gasteiger partial charge in [-0.25, -0.2) is 0 Å². The summed E-state index contributed by atoms with van der Waals surface area (Å²) in [6.07, 6.45) is 8.28. The lowest BCUT2D eigenvalue weighted by atomic mass is 9.74. The second-order valence-corrected chi connectivity index (χ2v) is 7.07. The number of hydrogen-bond donors (Lipinski definition) is 1. The smallest absolute Gasteiger partial charge is 0.0395 e. The van der Waals surface area contributed by atoms with Crippen LogP contribution in [0.5, 0.6) is 0 Å². The minimum Gasteiger partial charge on any atom is -0.309 e. The lowest BCUT2D eigenvalue weighted by molar-refractivity contribution is 0.0734. The van der Waals surface area contributed by atoms with Crippen molar-refractivity contribution in [2.24, 2.45) is 5.41 Å². The Labute approximate surface area is 134 Å². The molecule has 2 fully saturated rings. The molecule has 1 N–H and O–H groups in total. The van der Waals surface area contributed by atoms with Crippen LogP contribution >= 0.6 is 12.4 Å². The van der Waals surface area contributed by atoms with Gasteiger partial charge in [-0.3, -0.25) is 0 Å². The SMILES string of the molecule is Cl.c1ccc2c(c1)CC1(CN3CCCCC3)CCCNC21. The molecule has 2 saturated heterocycles. The average Bonchev–Trinajstić information content (AvgIpc) is 2.82. The third kappa shape index (κ3) is 2.74. The first-order valence-corrected chi connectivity index (χ1v) is 8.41. The molecular formula is C18H27ClN2. The molecule has 0 bridgehead atoms. The quantitative estimate of drug-likeness (QED) is 0.899. The van der Waals surface area contributed by atoms with Crippen LogP contribution < -0.4 is 5.32 Å². The Morgan fingerprint density at radius 2 is 1.90 bits per heavy atom. The minimum absolute atomic E-state index is 0. The van der Waals surface area contributed by atoms with Crippen molar-refractivity contribution in [3.63, 3.8) is 0 Å². The highest BCUT2D eigenvalue weighted by molar-refractivity contribution is 5.85. The van der Waals surface area contributed by atoms with E-state index in [9.17, 15) is 0 Å². The second-order valence-electron chi connectivity index (χ2n) is 7.07. The highest BCUT2D eigenvalue weighted by Gasteiger charge is 2.47. The molecule has 116 valence electrons. The van der Waals surface area contributed by atoms with Crippen LogP contribution in [-0.4, -0.2) is 31.1 Å². The van der Waals surface area contributed by atoms with E-state index in [4.69, 9.17) is 0 Å². The van der Waals surface area contributed by atoms with Gasteiger partial charge in [-0.1, -0.05) is 30.7 Å². The van der Waals surface area contributed by atoms with Crippen molar-refractivity contribution in [1.29, 1.82) is 0 Å². The molecule has 4 rings (SSSR count). The van der Waals surface area contributed by atoms with Gasteiger partial charge in [0.25, 0.3) is 0 Å². The summed E-state index contributed by atoms with van der Waals surface area (Å²) in [4.78, 5) is 2.75. The van der Waals surface area contributed by atoms with Crippen molar-refractivity contribution >= 4 is 12.4 Å². The molecule has 0 spiro atoms. The summed E-state index contributed by atoms with van der Waals surface area (Å²) < 4.78 is 0. The van der Waals surface area contributed by atoms with Gasteiger partial charge < -0.3 is 10.2 Å². The normalized spacial score (nSPS) is 32.1. The molecule has 0 aromatic heterocycles. The molecule has 2 nitrogen and oxygen atoms in total. The van der Waals surface area contributed by atoms with Crippen molar-refractivity contribution in [3.8, 4) is 0 Å². The van der Waals surface area contributed by atoms with Crippen LogP contribution in [0.25, 0.3) is 0 Å². The third-order valence-electron chi connectivity index (χ3n) is 5.71. The molecule has 0 saturated carbocycles. The number of nitrogens with one attached hydrogen (secondary N) is 1. The highest BCUT2D eigenvalue weighted by Crippen LogP contribution is 2.51. The maximum atomic E-state index is 3.84. The van der Waals surface area contributed by atoms with Gasteiger partial charge in [0.05, 0.1) is 0 Å². The number of nitrogens with zero attached hydrogens (tertiary/aromatic N) is 1. The number of piperidine rings is 2. The molecular weight excluding hydrogens is 280 g/mol. The lowest BCUT2D eigenvalue weighted by Gasteiger charge is -2.44. The van der Waals surface area contributed by atoms with Crippen molar-refractivity contribution in [3.05, 3.63) is 35.4 Å². The summed E-state index contributed by atoms with van der Waals surface area (Å²) in [6, 6.07) is 9.75. The summed E-state index contributed by atoms with van der Waals surface area (Å²) in [6.45, 7) is 5.15. The summed E-state index contributed by atoms with van der Waals surface area (Å²) in [5.74, 6) is 0. The van der Waals surface area contributed by atoms with Gasteiger partial charge in [-0.15, -0.1) is 12.4 Å². The van der Waals surface area contributed by atoms with Gasteiger partial charge in [-0.05, 0) is 62.9 Å². The largest absolute Gasteiger partial charge is 0.309 e. The lowest BCUT2D eigenvalue weighted by Crippen LogP contribution is -2.49. The fraction of sp³-hybridized carbons (Fsp3) is 0.667. The molecule has 1 aliphatic carbocycles. The maximum absolute atomic E-state index is 3.84. The first kappa shape index (κ1) is 15.3. The zero-order valence-electron chi connectivity index (χ0n) is 12.8. The summed E-state index contributed by atoms with van der Waals surface area (Å²) in [5.41, 5.74) is 3.66. The minimum atomic E-state index is 0. The van der Waals surface area contributed by atoms with Crippen LogP contribution in [0, 0.1) is 5.41 Å². The molecule has 1 aromatic rings. The molecule has 21 heavy (non-hydrogen) atoms. The molecule has 2 unspecified atom stereocenters. The average molecular weight is 307 g/mol. The van der Waals surface area contributed by atoms with Crippen LogP contribution in [0.1, 0.15) is 49.3 Å². The maximum Gasteiger partial charge on any atom is 0.0395 e. The van der Waals surface area contributed by atoms with Gasteiger partial charge in [0.1, 0.15) is 0 Å². The second kappa shape index (κ2) is 6.28. The van der Waals surface area contributed by atoms with Crippen molar-refractivity contribution in [2.45, 2.75) is 44.6 Å². The molecule has 0 amide bonds. The predicted molar refractivity (Wildman–Crippen MR) is 90.1 cm³/mol. The zero-order valence-corrected chi connectivity index (χ0v) is 13.6. The van der Waals surface area contributed by atoms with E-state index < -0.39 is 0 Å². The predicted octanol–water partition coefficient (Wildman–Crippen LogP) is 3.56. The Morgan fingerprint density at radius 1 is 1.10 bits per heavy atom. The van der Waals surface area contributed by atoms with Crippen LogP contribution in [0.15, 0.2) is 24.3 Å². The fourth-order valence-corrected chi connectivity index (χ4v) is 4.82. The van der Waals surface area contributed by atoms with Gasteiger partial charge in [0, 0.05) is 18.0 Å². The van der Waals surface area contributed by atoms with Crippen molar-refractivity contribution in [2.75, 3.05) is 26.2 Å². The first-order chi connectivity index (χ1) is 9.87. The van der Waals surface area contributed by atoms with E-state index in [0.717, 1.165) is 0 Å².